The molecule has 2 rings (SSSR count). The average Bonchev–Trinajstić information content (AvgIpc) is 2.77. The molecular weight excluding hydrogens is 416 g/mol. The number of rotatable bonds is 11. The molecule has 172 valence electrons. The van der Waals surface area contributed by atoms with Crippen molar-refractivity contribution in [3.63, 3.8) is 0 Å². The van der Waals surface area contributed by atoms with Gasteiger partial charge in [-0.1, -0.05) is 32.1 Å². The summed E-state index contributed by atoms with van der Waals surface area (Å²) >= 11 is 0. The second-order valence-corrected chi connectivity index (χ2v) is 9.42. The lowest BCUT2D eigenvalue weighted by Crippen LogP contribution is -2.51. The highest BCUT2D eigenvalue weighted by atomic mass is 32.2. The topological polar surface area (TPSA) is 90.0 Å². The lowest BCUT2D eigenvalue weighted by molar-refractivity contribution is -0.133. The highest BCUT2D eigenvalue weighted by Gasteiger charge is 2.23. The fourth-order valence-electron chi connectivity index (χ4n) is 3.55. The van der Waals surface area contributed by atoms with E-state index in [-0.39, 0.29) is 16.7 Å². The minimum atomic E-state index is -3.47. The first-order valence-corrected chi connectivity index (χ1v) is 12.2. The molecule has 9 heteroatoms. The number of amides is 2. The molecule has 1 N–H and O–H groups in total. The van der Waals surface area contributed by atoms with Crippen LogP contribution in [-0.4, -0.2) is 86.7 Å². The molecule has 1 aromatic carbocycles. The van der Waals surface area contributed by atoms with Crippen molar-refractivity contribution in [3.05, 3.63) is 42.5 Å². The molecule has 0 aliphatic carbocycles. The van der Waals surface area contributed by atoms with Crippen molar-refractivity contribution in [1.29, 1.82) is 0 Å². The minimum Gasteiger partial charge on any atom is -0.352 e. The number of carbonyl (C=O) groups is 2. The maximum absolute atomic E-state index is 12.6. The Morgan fingerprint density at radius 2 is 1.71 bits per heavy atom. The van der Waals surface area contributed by atoms with Crippen molar-refractivity contribution in [1.82, 2.24) is 19.4 Å². The molecule has 1 heterocycles. The smallest absolute Gasteiger partial charge is 0.243 e. The van der Waals surface area contributed by atoms with Crippen LogP contribution in [0.15, 0.2) is 41.8 Å². The van der Waals surface area contributed by atoms with Crippen LogP contribution in [0.2, 0.25) is 0 Å². The van der Waals surface area contributed by atoms with Crippen LogP contribution in [0, 0.1) is 0 Å². The standard InChI is InChI=1S/C22H34N4O4S/c1-4-13-23-21(27)18-24-14-16-25(17-15-24)22(28)12-9-19-7-10-20(11-8-19)31(29,30)26(5-2)6-3/h4,7-8,10-11H,1,5-6,9,12-18H2,2-3H3,(H,23,27). The largest absolute Gasteiger partial charge is 0.352 e. The second-order valence-electron chi connectivity index (χ2n) is 7.48. The zero-order valence-electron chi connectivity index (χ0n) is 18.5. The van der Waals surface area contributed by atoms with E-state index in [2.05, 4.69) is 11.9 Å². The van der Waals surface area contributed by atoms with Crippen molar-refractivity contribution in [2.24, 2.45) is 0 Å². The Morgan fingerprint density at radius 3 is 2.26 bits per heavy atom. The van der Waals surface area contributed by atoms with Gasteiger partial charge < -0.3 is 10.2 Å². The summed E-state index contributed by atoms with van der Waals surface area (Å²) in [6.07, 6.45) is 2.59. The molecule has 1 aliphatic heterocycles. The number of benzene rings is 1. The minimum absolute atomic E-state index is 0.0360. The number of carbonyl (C=O) groups excluding carboxylic acids is 2. The van der Waals surface area contributed by atoms with Crippen molar-refractivity contribution < 1.29 is 18.0 Å². The van der Waals surface area contributed by atoms with E-state index in [1.807, 2.05) is 23.6 Å². The first-order valence-electron chi connectivity index (χ1n) is 10.8. The number of hydrogen-bond donors (Lipinski definition) is 1. The fourth-order valence-corrected chi connectivity index (χ4v) is 5.01. The number of piperazine rings is 1. The number of sulfonamides is 1. The summed E-state index contributed by atoms with van der Waals surface area (Å²) in [5, 5.41) is 2.76. The van der Waals surface area contributed by atoms with Gasteiger partial charge in [0.1, 0.15) is 0 Å². The number of nitrogens with zero attached hydrogens (tertiary/aromatic N) is 3. The third kappa shape index (κ3) is 7.15. The summed E-state index contributed by atoms with van der Waals surface area (Å²) < 4.78 is 26.5. The molecule has 31 heavy (non-hydrogen) atoms. The first kappa shape index (κ1) is 25.0. The molecule has 0 bridgehead atoms. The van der Waals surface area contributed by atoms with Gasteiger partial charge in [0.25, 0.3) is 0 Å². The van der Waals surface area contributed by atoms with Gasteiger partial charge in [0.15, 0.2) is 0 Å². The van der Waals surface area contributed by atoms with E-state index in [0.29, 0.717) is 65.2 Å². The average molecular weight is 451 g/mol. The Hall–Kier alpha value is -2.23. The highest BCUT2D eigenvalue weighted by Crippen LogP contribution is 2.17. The van der Waals surface area contributed by atoms with Crippen molar-refractivity contribution in [2.75, 3.05) is 52.4 Å². The zero-order chi connectivity index (χ0) is 22.9. The van der Waals surface area contributed by atoms with Gasteiger partial charge in [-0.25, -0.2) is 8.42 Å². The molecule has 0 aromatic heterocycles. The second kappa shape index (κ2) is 12.0. The maximum atomic E-state index is 12.6. The van der Waals surface area contributed by atoms with Crippen LogP contribution < -0.4 is 5.32 Å². The van der Waals surface area contributed by atoms with E-state index < -0.39 is 10.0 Å². The SMILES string of the molecule is C=CCNC(=O)CN1CCN(C(=O)CCc2ccc(S(=O)(=O)N(CC)CC)cc2)CC1. The molecular formula is C22H34N4O4S. The molecule has 8 nitrogen and oxygen atoms in total. The fraction of sp³-hybridized carbons (Fsp3) is 0.545. The van der Waals surface area contributed by atoms with Crippen LogP contribution in [-0.2, 0) is 26.0 Å². The van der Waals surface area contributed by atoms with E-state index in [4.69, 9.17) is 0 Å². The molecule has 0 unspecified atom stereocenters. The zero-order valence-corrected chi connectivity index (χ0v) is 19.4. The predicted molar refractivity (Wildman–Crippen MR) is 121 cm³/mol. The molecule has 1 aromatic rings. The van der Waals surface area contributed by atoms with E-state index in [0.717, 1.165) is 5.56 Å². The summed E-state index contributed by atoms with van der Waals surface area (Å²) in [6, 6.07) is 6.79. The molecule has 0 atom stereocenters. The summed E-state index contributed by atoms with van der Waals surface area (Å²) in [6.45, 7) is 11.4. The summed E-state index contributed by atoms with van der Waals surface area (Å²) in [5.41, 5.74) is 0.935. The van der Waals surface area contributed by atoms with Gasteiger partial charge in [-0.3, -0.25) is 14.5 Å². The third-order valence-corrected chi connectivity index (χ3v) is 7.49. The summed E-state index contributed by atoms with van der Waals surface area (Å²) in [4.78, 5) is 28.5. The van der Waals surface area contributed by atoms with E-state index in [1.165, 1.54) is 4.31 Å². The first-order chi connectivity index (χ1) is 14.8. The van der Waals surface area contributed by atoms with E-state index >= 15 is 0 Å². The molecule has 0 spiro atoms. The van der Waals surface area contributed by atoms with Gasteiger partial charge in [-0.05, 0) is 24.1 Å². The molecule has 1 saturated heterocycles. The molecule has 1 fully saturated rings. The van der Waals surface area contributed by atoms with Gasteiger partial charge in [0.2, 0.25) is 21.8 Å². The van der Waals surface area contributed by atoms with Crippen LogP contribution in [0.1, 0.15) is 25.8 Å². The number of nitrogens with one attached hydrogen (secondary N) is 1. The Balaban J connectivity index is 1.80. The maximum Gasteiger partial charge on any atom is 0.243 e. The Kier molecular flexibility index (Phi) is 9.67. The van der Waals surface area contributed by atoms with Gasteiger partial charge in [-0.2, -0.15) is 4.31 Å². The summed E-state index contributed by atoms with van der Waals surface area (Å²) in [7, 11) is -3.47. The van der Waals surface area contributed by atoms with Crippen LogP contribution in [0.5, 0.6) is 0 Å². The monoisotopic (exact) mass is 450 g/mol. The highest BCUT2D eigenvalue weighted by molar-refractivity contribution is 7.89. The van der Waals surface area contributed by atoms with Crippen molar-refractivity contribution >= 4 is 21.8 Å². The van der Waals surface area contributed by atoms with Gasteiger partial charge >= 0.3 is 0 Å². The molecule has 0 radical (unpaired) electrons. The predicted octanol–water partition coefficient (Wildman–Crippen LogP) is 1.10. The van der Waals surface area contributed by atoms with Crippen molar-refractivity contribution in [3.8, 4) is 0 Å². The molecule has 0 saturated carbocycles. The van der Waals surface area contributed by atoms with Gasteiger partial charge in [0, 0.05) is 52.2 Å². The summed E-state index contributed by atoms with van der Waals surface area (Å²) in [5.74, 6) is 0.0433. The van der Waals surface area contributed by atoms with Gasteiger partial charge in [0.05, 0.1) is 11.4 Å². The van der Waals surface area contributed by atoms with Crippen LogP contribution >= 0.6 is 0 Å². The normalized spacial score (nSPS) is 15.1. The Bertz CT molecular complexity index is 843. The van der Waals surface area contributed by atoms with Crippen LogP contribution in [0.4, 0.5) is 0 Å². The Morgan fingerprint density at radius 1 is 1.10 bits per heavy atom. The van der Waals surface area contributed by atoms with E-state index in [9.17, 15) is 18.0 Å². The van der Waals surface area contributed by atoms with Crippen LogP contribution in [0.25, 0.3) is 0 Å². The van der Waals surface area contributed by atoms with E-state index in [1.54, 1.807) is 30.3 Å². The van der Waals surface area contributed by atoms with Gasteiger partial charge in [-0.15, -0.1) is 6.58 Å². The lowest BCUT2D eigenvalue weighted by atomic mass is 10.1. The molecule has 1 aliphatic rings. The van der Waals surface area contributed by atoms with Crippen molar-refractivity contribution in [2.45, 2.75) is 31.6 Å². The molecule has 2 amide bonds. The quantitative estimate of drug-likeness (QED) is 0.510. The Labute approximate surface area is 185 Å². The van der Waals surface area contributed by atoms with Crippen LogP contribution in [0.3, 0.4) is 0 Å². The number of aryl methyl sites for hydroxylation is 1. The lowest BCUT2D eigenvalue weighted by Gasteiger charge is -2.34. The number of hydrogen-bond acceptors (Lipinski definition) is 5. The third-order valence-electron chi connectivity index (χ3n) is 5.43.